The zero-order valence-corrected chi connectivity index (χ0v) is 8.47. The molecule has 3 N–H and O–H groups in total. The van der Waals surface area contributed by atoms with Crippen LogP contribution in [0.3, 0.4) is 0 Å². The Labute approximate surface area is 90.6 Å². The van der Waals surface area contributed by atoms with Gasteiger partial charge in [0.15, 0.2) is 0 Å². The van der Waals surface area contributed by atoms with Gasteiger partial charge in [0.25, 0.3) is 0 Å². The summed E-state index contributed by atoms with van der Waals surface area (Å²) in [6.45, 7) is 0. The molecule has 2 aromatic rings. The largest absolute Gasteiger partial charge is 0.465 e. The summed E-state index contributed by atoms with van der Waals surface area (Å²) < 4.78 is 4.65. The summed E-state index contributed by atoms with van der Waals surface area (Å²) in [6, 6.07) is 4.98. The average Bonchev–Trinajstić information content (AvgIpc) is 2.81. The molecule has 0 spiro atoms. The maximum Gasteiger partial charge on any atom is 0.340 e. The van der Waals surface area contributed by atoms with Crippen LogP contribution < -0.4 is 5.73 Å². The number of hydrogen-bond donors (Lipinski definition) is 2. The van der Waals surface area contributed by atoms with Crippen LogP contribution in [0.25, 0.3) is 11.4 Å². The first-order valence-electron chi connectivity index (χ1n) is 4.44. The van der Waals surface area contributed by atoms with Gasteiger partial charge in [-0.1, -0.05) is 12.1 Å². The first-order valence-corrected chi connectivity index (χ1v) is 4.44. The van der Waals surface area contributed by atoms with Crippen LogP contribution >= 0.6 is 0 Å². The van der Waals surface area contributed by atoms with Crippen LogP contribution in [0.5, 0.6) is 0 Å². The molecule has 0 radical (unpaired) electrons. The van der Waals surface area contributed by atoms with Crippen LogP contribution in [0.1, 0.15) is 10.4 Å². The predicted octanol–water partition coefficient (Wildman–Crippen LogP) is 0.235. The molecule has 1 aromatic heterocycles. The molecule has 0 aliphatic rings. The van der Waals surface area contributed by atoms with Gasteiger partial charge in [-0.15, -0.1) is 10.2 Å². The number of H-pyrrole nitrogens is 1. The van der Waals surface area contributed by atoms with E-state index in [1.165, 1.54) is 7.11 Å². The highest BCUT2D eigenvalue weighted by Gasteiger charge is 2.18. The molecule has 82 valence electrons. The highest BCUT2D eigenvalue weighted by molar-refractivity contribution is 6.01. The fourth-order valence-electron chi connectivity index (χ4n) is 1.36. The van der Waals surface area contributed by atoms with Gasteiger partial charge < -0.3 is 10.5 Å². The number of aromatic nitrogens is 4. The molecule has 0 atom stereocenters. The Kier molecular flexibility index (Phi) is 2.50. The molecule has 16 heavy (non-hydrogen) atoms. The third-order valence-electron chi connectivity index (χ3n) is 2.07. The number of carbonyl (C=O) groups excluding carboxylic acids is 1. The van der Waals surface area contributed by atoms with Gasteiger partial charge in [-0.25, -0.2) is 4.79 Å². The Morgan fingerprint density at radius 2 is 2.31 bits per heavy atom. The van der Waals surface area contributed by atoms with E-state index in [1.54, 1.807) is 18.2 Å². The second kappa shape index (κ2) is 3.97. The molecule has 0 aliphatic heterocycles. The number of ether oxygens (including phenoxy) is 1. The number of rotatable bonds is 2. The maximum absolute atomic E-state index is 11.6. The van der Waals surface area contributed by atoms with Crippen molar-refractivity contribution in [1.29, 1.82) is 0 Å². The molecule has 0 unspecified atom stereocenters. The maximum atomic E-state index is 11.6. The molecule has 0 amide bonds. The van der Waals surface area contributed by atoms with E-state index in [0.717, 1.165) is 0 Å². The van der Waals surface area contributed by atoms with Crippen LogP contribution in [0.4, 0.5) is 5.69 Å². The lowest BCUT2D eigenvalue weighted by Crippen LogP contribution is -2.08. The van der Waals surface area contributed by atoms with Crippen molar-refractivity contribution in [2.24, 2.45) is 0 Å². The molecule has 1 heterocycles. The Balaban J connectivity index is 2.62. The minimum atomic E-state index is -0.530. The number of nitrogens with one attached hydrogen (secondary N) is 1. The number of esters is 1. The van der Waals surface area contributed by atoms with Gasteiger partial charge in [0.05, 0.1) is 12.7 Å². The molecule has 2 rings (SSSR count). The molecular weight excluding hydrogens is 210 g/mol. The minimum Gasteiger partial charge on any atom is -0.465 e. The SMILES string of the molecule is COC(=O)c1c(N)cccc1-c1nn[nH]n1. The summed E-state index contributed by atoms with van der Waals surface area (Å²) in [4.78, 5) is 11.6. The highest BCUT2D eigenvalue weighted by atomic mass is 16.5. The smallest absolute Gasteiger partial charge is 0.340 e. The number of nitrogen functional groups attached to an aromatic ring is 1. The van der Waals surface area contributed by atoms with E-state index in [4.69, 9.17) is 5.73 Å². The summed E-state index contributed by atoms with van der Waals surface area (Å²) in [6.07, 6.45) is 0. The number of nitrogens with zero attached hydrogens (tertiary/aromatic N) is 3. The van der Waals surface area contributed by atoms with Crippen molar-refractivity contribution >= 4 is 11.7 Å². The summed E-state index contributed by atoms with van der Waals surface area (Å²) in [5.41, 5.74) is 6.76. The van der Waals surface area contributed by atoms with Crippen LogP contribution in [-0.4, -0.2) is 33.7 Å². The second-order valence-corrected chi connectivity index (χ2v) is 3.00. The number of aromatic amines is 1. The molecule has 1 aromatic carbocycles. The Hall–Kier alpha value is -2.44. The van der Waals surface area contributed by atoms with Crippen molar-refractivity contribution in [3.8, 4) is 11.4 Å². The number of hydrogen-bond acceptors (Lipinski definition) is 6. The van der Waals surface area contributed by atoms with Gasteiger partial charge in [0, 0.05) is 11.3 Å². The number of tetrazole rings is 1. The van der Waals surface area contributed by atoms with E-state index in [1.807, 2.05) is 0 Å². The first kappa shape index (κ1) is 10.1. The zero-order valence-electron chi connectivity index (χ0n) is 8.47. The molecule has 7 heteroatoms. The monoisotopic (exact) mass is 219 g/mol. The molecule has 0 aliphatic carbocycles. The Bertz CT molecular complexity index is 509. The van der Waals surface area contributed by atoms with Crippen molar-refractivity contribution in [3.63, 3.8) is 0 Å². The molecule has 0 saturated heterocycles. The van der Waals surface area contributed by atoms with Gasteiger partial charge in [0.1, 0.15) is 0 Å². The lowest BCUT2D eigenvalue weighted by Gasteiger charge is -2.06. The van der Waals surface area contributed by atoms with Crippen LogP contribution in [0, 0.1) is 0 Å². The van der Waals surface area contributed by atoms with E-state index in [9.17, 15) is 4.79 Å². The second-order valence-electron chi connectivity index (χ2n) is 3.00. The minimum absolute atomic E-state index is 0.242. The summed E-state index contributed by atoms with van der Waals surface area (Å²) in [5, 5.41) is 13.3. The molecule has 0 fully saturated rings. The Morgan fingerprint density at radius 3 is 2.94 bits per heavy atom. The zero-order chi connectivity index (χ0) is 11.5. The van der Waals surface area contributed by atoms with Crippen LogP contribution in [0.2, 0.25) is 0 Å². The van der Waals surface area contributed by atoms with Gasteiger partial charge >= 0.3 is 5.97 Å². The third kappa shape index (κ3) is 1.58. The quantitative estimate of drug-likeness (QED) is 0.553. The number of nitrogens with two attached hydrogens (primary N) is 1. The number of carbonyl (C=O) groups is 1. The van der Waals surface area contributed by atoms with Gasteiger partial charge in [-0.2, -0.15) is 5.21 Å². The molecular formula is C9H9N5O2. The lowest BCUT2D eigenvalue weighted by molar-refractivity contribution is 0.0603. The summed E-state index contributed by atoms with van der Waals surface area (Å²) >= 11 is 0. The number of anilines is 1. The van der Waals surface area contributed by atoms with Gasteiger partial charge in [-0.3, -0.25) is 0 Å². The van der Waals surface area contributed by atoms with Crippen LogP contribution in [0.15, 0.2) is 18.2 Å². The first-order chi connectivity index (χ1) is 7.74. The van der Waals surface area contributed by atoms with Crippen molar-refractivity contribution in [2.45, 2.75) is 0 Å². The number of benzene rings is 1. The topological polar surface area (TPSA) is 107 Å². The van der Waals surface area contributed by atoms with E-state index in [0.29, 0.717) is 17.1 Å². The highest BCUT2D eigenvalue weighted by Crippen LogP contribution is 2.25. The van der Waals surface area contributed by atoms with Crippen molar-refractivity contribution in [3.05, 3.63) is 23.8 Å². The summed E-state index contributed by atoms with van der Waals surface area (Å²) in [7, 11) is 1.29. The average molecular weight is 219 g/mol. The third-order valence-corrected chi connectivity index (χ3v) is 2.07. The molecule has 0 saturated carbocycles. The van der Waals surface area contributed by atoms with Crippen molar-refractivity contribution in [1.82, 2.24) is 20.6 Å². The van der Waals surface area contributed by atoms with E-state index in [-0.39, 0.29) is 5.56 Å². The van der Waals surface area contributed by atoms with Crippen molar-refractivity contribution in [2.75, 3.05) is 12.8 Å². The fraction of sp³-hybridized carbons (Fsp3) is 0.111. The van der Waals surface area contributed by atoms with E-state index in [2.05, 4.69) is 25.4 Å². The van der Waals surface area contributed by atoms with Crippen molar-refractivity contribution < 1.29 is 9.53 Å². The Morgan fingerprint density at radius 1 is 1.50 bits per heavy atom. The van der Waals surface area contributed by atoms with E-state index < -0.39 is 5.97 Å². The fourth-order valence-corrected chi connectivity index (χ4v) is 1.36. The van der Waals surface area contributed by atoms with E-state index >= 15 is 0 Å². The van der Waals surface area contributed by atoms with Gasteiger partial charge in [-0.05, 0) is 11.3 Å². The van der Waals surface area contributed by atoms with Gasteiger partial charge in [0.2, 0.25) is 5.82 Å². The molecule has 0 bridgehead atoms. The molecule has 7 nitrogen and oxygen atoms in total. The summed E-state index contributed by atoms with van der Waals surface area (Å²) in [5.74, 6) is -0.231. The standard InChI is InChI=1S/C9H9N5O2/c1-16-9(15)7-5(3-2-4-6(7)10)8-11-13-14-12-8/h2-4H,10H2,1H3,(H,11,12,13,14). The lowest BCUT2D eigenvalue weighted by atomic mass is 10.1. The normalized spacial score (nSPS) is 10.1. The number of methoxy groups -OCH3 is 1. The van der Waals surface area contributed by atoms with Crippen LogP contribution in [-0.2, 0) is 4.74 Å². The predicted molar refractivity (Wildman–Crippen MR) is 55.4 cm³/mol.